The predicted molar refractivity (Wildman–Crippen MR) is 71.5 cm³/mol. The lowest BCUT2D eigenvalue weighted by molar-refractivity contribution is -0.150. The number of ether oxygens (including phenoxy) is 1. The molecule has 1 N–H and O–H groups in total. The number of carbonyl (C=O) groups excluding carboxylic acids is 1. The average Bonchev–Trinajstić information content (AvgIpc) is 2.83. The number of carbonyl (C=O) groups is 2. The fraction of sp³-hybridized carbons (Fsp3) is 0.833. The van der Waals surface area contributed by atoms with Crippen LogP contribution in [0.15, 0.2) is 0 Å². The minimum atomic E-state index is -3.89. The molecule has 1 fully saturated rings. The van der Waals surface area contributed by atoms with E-state index in [0.29, 0.717) is 0 Å². The normalized spacial score (nSPS) is 25.6. The molecule has 0 bridgehead atoms. The first-order valence-electron chi connectivity index (χ1n) is 6.39. The number of hydrogen-bond acceptors (Lipinski definition) is 5. The fourth-order valence-corrected chi connectivity index (χ4v) is 3.96. The van der Waals surface area contributed by atoms with E-state index >= 15 is 0 Å². The largest absolute Gasteiger partial charge is 0.481 e. The maximum Gasteiger partial charge on any atom is 0.325 e. The second-order valence-corrected chi connectivity index (χ2v) is 7.66. The van der Waals surface area contributed by atoms with Crippen molar-refractivity contribution in [2.45, 2.75) is 32.4 Å². The number of aliphatic carboxylic acids is 1. The van der Waals surface area contributed by atoms with E-state index in [1.165, 1.54) is 6.92 Å². The van der Waals surface area contributed by atoms with Crippen molar-refractivity contribution >= 4 is 22.0 Å². The van der Waals surface area contributed by atoms with Crippen LogP contribution < -0.4 is 0 Å². The van der Waals surface area contributed by atoms with E-state index < -0.39 is 32.6 Å². The van der Waals surface area contributed by atoms with Crippen LogP contribution in [-0.2, 0) is 24.3 Å². The summed E-state index contributed by atoms with van der Waals surface area (Å²) in [4.78, 5) is 22.9. The smallest absolute Gasteiger partial charge is 0.325 e. The van der Waals surface area contributed by atoms with Gasteiger partial charge in [0, 0.05) is 13.1 Å². The van der Waals surface area contributed by atoms with Crippen molar-refractivity contribution in [1.82, 2.24) is 4.31 Å². The van der Waals surface area contributed by atoms with Crippen molar-refractivity contribution in [2.24, 2.45) is 11.3 Å². The highest BCUT2D eigenvalue weighted by Crippen LogP contribution is 2.39. The zero-order chi connectivity index (χ0) is 15.7. The third-order valence-electron chi connectivity index (χ3n) is 4.14. The van der Waals surface area contributed by atoms with Crippen molar-refractivity contribution in [2.75, 3.05) is 20.2 Å². The van der Waals surface area contributed by atoms with Crippen molar-refractivity contribution in [3.8, 4) is 0 Å². The number of nitrogens with zero attached hydrogens (tertiary/aromatic N) is 1. The molecule has 0 aromatic heterocycles. The Morgan fingerprint density at radius 3 is 2.20 bits per heavy atom. The molecule has 0 spiro atoms. The van der Waals surface area contributed by atoms with Gasteiger partial charge in [0.2, 0.25) is 10.0 Å². The Hall–Kier alpha value is -1.15. The van der Waals surface area contributed by atoms with Gasteiger partial charge in [-0.2, -0.15) is 4.31 Å². The van der Waals surface area contributed by atoms with E-state index in [1.54, 1.807) is 13.8 Å². The van der Waals surface area contributed by atoms with Gasteiger partial charge >= 0.3 is 11.9 Å². The molecule has 1 rings (SSSR count). The minimum Gasteiger partial charge on any atom is -0.481 e. The van der Waals surface area contributed by atoms with Crippen molar-refractivity contribution < 1.29 is 27.9 Å². The number of sulfonamides is 1. The highest BCUT2D eigenvalue weighted by molar-refractivity contribution is 7.90. The number of methoxy groups -OCH3 is 1. The van der Waals surface area contributed by atoms with E-state index in [2.05, 4.69) is 4.74 Å². The van der Waals surface area contributed by atoms with Crippen LogP contribution in [0.25, 0.3) is 0 Å². The van der Waals surface area contributed by atoms with Crippen LogP contribution in [-0.4, -0.2) is 55.2 Å². The zero-order valence-corrected chi connectivity index (χ0v) is 12.9. The summed E-state index contributed by atoms with van der Waals surface area (Å²) >= 11 is 0. The van der Waals surface area contributed by atoms with E-state index in [0.717, 1.165) is 11.4 Å². The monoisotopic (exact) mass is 307 g/mol. The molecule has 7 nitrogen and oxygen atoms in total. The molecule has 2 atom stereocenters. The number of rotatable bonds is 5. The van der Waals surface area contributed by atoms with Gasteiger partial charge in [0.1, 0.15) is 0 Å². The van der Waals surface area contributed by atoms with Gasteiger partial charge in [0.15, 0.2) is 5.25 Å². The number of carboxylic acids is 1. The first-order chi connectivity index (χ1) is 9.09. The van der Waals surface area contributed by atoms with Crippen molar-refractivity contribution in [1.29, 1.82) is 0 Å². The molecule has 20 heavy (non-hydrogen) atoms. The summed E-state index contributed by atoms with van der Waals surface area (Å²) in [6.45, 7) is 4.76. The Kier molecular flexibility index (Phi) is 4.81. The molecule has 0 aromatic rings. The topological polar surface area (TPSA) is 101 Å². The second kappa shape index (κ2) is 5.69. The maximum atomic E-state index is 12.3. The number of esters is 1. The standard InChI is InChI=1S/C12H21NO6S/c1-8(2)12(11(15)16)5-6-13(7-12)20(17,18)9(3)10(14)19-4/h8-9H,5-7H2,1-4H3,(H,15,16). The fourth-order valence-electron chi connectivity index (χ4n) is 2.42. The Balaban J connectivity index is 3.02. The first kappa shape index (κ1) is 16.9. The van der Waals surface area contributed by atoms with Crippen LogP contribution in [0.1, 0.15) is 27.2 Å². The van der Waals surface area contributed by atoms with Crippen LogP contribution in [0.4, 0.5) is 0 Å². The summed E-state index contributed by atoms with van der Waals surface area (Å²) in [5.74, 6) is -2.05. The third kappa shape index (κ3) is 2.67. The average molecular weight is 307 g/mol. The van der Waals surface area contributed by atoms with Gasteiger partial charge in [-0.15, -0.1) is 0 Å². The van der Waals surface area contributed by atoms with Crippen LogP contribution in [0.5, 0.6) is 0 Å². The first-order valence-corrected chi connectivity index (χ1v) is 7.90. The number of carboxylic acid groups (broad SMARTS) is 1. The Morgan fingerprint density at radius 1 is 1.30 bits per heavy atom. The molecule has 116 valence electrons. The number of hydrogen-bond donors (Lipinski definition) is 1. The Bertz CT molecular complexity index is 500. The molecule has 0 radical (unpaired) electrons. The second-order valence-electron chi connectivity index (χ2n) is 5.41. The lowest BCUT2D eigenvalue weighted by Gasteiger charge is -2.29. The molecule has 1 saturated heterocycles. The molecule has 0 aromatic carbocycles. The summed E-state index contributed by atoms with van der Waals surface area (Å²) in [5, 5.41) is 8.07. The molecular weight excluding hydrogens is 286 g/mol. The van der Waals surface area contributed by atoms with Gasteiger partial charge in [-0.1, -0.05) is 13.8 Å². The van der Waals surface area contributed by atoms with Crippen LogP contribution in [0, 0.1) is 11.3 Å². The molecule has 1 aliphatic rings. The summed E-state index contributed by atoms with van der Waals surface area (Å²) in [5.41, 5.74) is -1.09. The summed E-state index contributed by atoms with van der Waals surface area (Å²) < 4.78 is 30.1. The highest BCUT2D eigenvalue weighted by Gasteiger charge is 2.51. The van der Waals surface area contributed by atoms with E-state index in [9.17, 15) is 23.1 Å². The van der Waals surface area contributed by atoms with Gasteiger partial charge < -0.3 is 9.84 Å². The molecule has 0 amide bonds. The summed E-state index contributed by atoms with van der Waals surface area (Å²) in [6.07, 6.45) is 0.243. The molecule has 0 aliphatic carbocycles. The van der Waals surface area contributed by atoms with Crippen LogP contribution in [0.2, 0.25) is 0 Å². The quantitative estimate of drug-likeness (QED) is 0.734. The molecule has 1 aliphatic heterocycles. The summed E-state index contributed by atoms with van der Waals surface area (Å²) in [7, 11) is -2.77. The lowest BCUT2D eigenvalue weighted by Crippen LogP contribution is -2.44. The highest BCUT2D eigenvalue weighted by atomic mass is 32.2. The Labute approximate surface area is 118 Å². The van der Waals surface area contributed by atoms with Gasteiger partial charge in [-0.05, 0) is 19.3 Å². The predicted octanol–water partition coefficient (Wildman–Crippen LogP) is 0.310. The lowest BCUT2D eigenvalue weighted by atomic mass is 9.77. The minimum absolute atomic E-state index is 0.105. The van der Waals surface area contributed by atoms with Gasteiger partial charge in [0.05, 0.1) is 12.5 Å². The SMILES string of the molecule is COC(=O)C(C)S(=O)(=O)N1CCC(C(=O)O)(C(C)C)C1. The van der Waals surface area contributed by atoms with Gasteiger partial charge in [-0.25, -0.2) is 8.42 Å². The maximum absolute atomic E-state index is 12.3. The molecule has 0 saturated carbocycles. The molecule has 1 heterocycles. The van der Waals surface area contributed by atoms with E-state index in [-0.39, 0.29) is 25.4 Å². The molecule has 8 heteroatoms. The van der Waals surface area contributed by atoms with Crippen molar-refractivity contribution in [3.05, 3.63) is 0 Å². The van der Waals surface area contributed by atoms with Crippen LogP contribution >= 0.6 is 0 Å². The third-order valence-corrected chi connectivity index (χ3v) is 6.25. The summed E-state index contributed by atoms with van der Waals surface area (Å²) in [6, 6.07) is 0. The van der Waals surface area contributed by atoms with Gasteiger partial charge in [0.25, 0.3) is 0 Å². The molecular formula is C12H21NO6S. The van der Waals surface area contributed by atoms with Crippen LogP contribution in [0.3, 0.4) is 0 Å². The van der Waals surface area contributed by atoms with E-state index in [4.69, 9.17) is 0 Å². The Morgan fingerprint density at radius 2 is 1.85 bits per heavy atom. The molecule has 2 unspecified atom stereocenters. The van der Waals surface area contributed by atoms with Crippen molar-refractivity contribution in [3.63, 3.8) is 0 Å². The van der Waals surface area contributed by atoms with E-state index in [1.807, 2.05) is 0 Å². The van der Waals surface area contributed by atoms with Gasteiger partial charge in [-0.3, -0.25) is 9.59 Å². The zero-order valence-electron chi connectivity index (χ0n) is 12.1.